The first-order valence-corrected chi connectivity index (χ1v) is 9.61. The van der Waals surface area contributed by atoms with Gasteiger partial charge >= 0.3 is 0 Å². The minimum atomic E-state index is -0.199. The highest BCUT2D eigenvalue weighted by molar-refractivity contribution is 7.98. The summed E-state index contributed by atoms with van der Waals surface area (Å²) in [6.07, 6.45) is 0.168. The van der Waals surface area contributed by atoms with Gasteiger partial charge in [-0.05, 0) is 17.7 Å². The molecule has 0 aliphatic rings. The summed E-state index contributed by atoms with van der Waals surface area (Å²) in [4.78, 5) is 12.2. The van der Waals surface area contributed by atoms with Gasteiger partial charge in [0.25, 0.3) is 0 Å². The van der Waals surface area contributed by atoms with E-state index in [1.54, 1.807) is 43.1 Å². The normalized spacial score (nSPS) is 10.4. The van der Waals surface area contributed by atoms with Crippen LogP contribution in [0.4, 0.5) is 4.39 Å². The van der Waals surface area contributed by atoms with Crippen molar-refractivity contribution >= 4 is 17.7 Å². The maximum Gasteiger partial charge on any atom is 0.224 e. The van der Waals surface area contributed by atoms with E-state index < -0.39 is 0 Å². The molecule has 0 aliphatic carbocycles. The Balaban J connectivity index is 1.83. The fourth-order valence-corrected chi connectivity index (χ4v) is 3.44. The van der Waals surface area contributed by atoms with Crippen LogP contribution in [0.3, 0.4) is 0 Å². The highest BCUT2D eigenvalue weighted by Gasteiger charge is 2.17. The number of carbonyl (C=O) groups is 1. The predicted octanol–water partition coefficient (Wildman–Crippen LogP) is 3.44. The Morgan fingerprint density at radius 2 is 1.74 bits per heavy atom. The zero-order chi connectivity index (χ0) is 19.6. The quantitative estimate of drug-likeness (QED) is 0.627. The molecule has 1 N–H and O–H groups in total. The van der Waals surface area contributed by atoms with Crippen LogP contribution in [0.25, 0.3) is 0 Å². The van der Waals surface area contributed by atoms with Crippen molar-refractivity contribution in [1.82, 2.24) is 5.32 Å². The van der Waals surface area contributed by atoms with Crippen molar-refractivity contribution in [2.24, 2.45) is 0 Å². The summed E-state index contributed by atoms with van der Waals surface area (Å²) in [6, 6.07) is 10.2. The van der Waals surface area contributed by atoms with Crippen LogP contribution >= 0.6 is 11.8 Å². The van der Waals surface area contributed by atoms with E-state index in [0.717, 1.165) is 0 Å². The lowest BCUT2D eigenvalue weighted by molar-refractivity contribution is -0.120. The summed E-state index contributed by atoms with van der Waals surface area (Å²) < 4.78 is 29.5. The third-order valence-corrected chi connectivity index (χ3v) is 4.93. The average molecular weight is 393 g/mol. The van der Waals surface area contributed by atoms with Crippen molar-refractivity contribution in [2.45, 2.75) is 12.2 Å². The Kier molecular flexibility index (Phi) is 8.26. The maximum atomic E-state index is 13.5. The van der Waals surface area contributed by atoms with Gasteiger partial charge in [0.15, 0.2) is 11.5 Å². The van der Waals surface area contributed by atoms with Crippen molar-refractivity contribution in [1.29, 1.82) is 0 Å². The molecule has 0 radical (unpaired) electrons. The number of benzene rings is 2. The van der Waals surface area contributed by atoms with Crippen LogP contribution in [0.2, 0.25) is 0 Å². The van der Waals surface area contributed by atoms with Gasteiger partial charge in [0.2, 0.25) is 11.7 Å². The predicted molar refractivity (Wildman–Crippen MR) is 105 cm³/mol. The standard InChI is InChI=1S/C20H24FNO4S/c1-24-17-9-8-14(19(25-2)20(17)26-3)12-18(23)22-10-11-27-13-15-6-4-5-7-16(15)21/h4-9H,10-13H2,1-3H3,(H,22,23). The van der Waals surface area contributed by atoms with Crippen LogP contribution in [-0.2, 0) is 17.0 Å². The van der Waals surface area contributed by atoms with Gasteiger partial charge in [-0.15, -0.1) is 0 Å². The molecule has 27 heavy (non-hydrogen) atoms. The molecule has 146 valence electrons. The molecule has 1 amide bonds. The van der Waals surface area contributed by atoms with Crippen LogP contribution in [-0.4, -0.2) is 39.5 Å². The summed E-state index contributed by atoms with van der Waals surface area (Å²) >= 11 is 1.57. The van der Waals surface area contributed by atoms with E-state index >= 15 is 0 Å². The lowest BCUT2D eigenvalue weighted by Crippen LogP contribution is -2.27. The SMILES string of the molecule is COc1ccc(CC(=O)NCCSCc2ccccc2F)c(OC)c1OC. The minimum absolute atomic E-state index is 0.119. The number of hydrogen-bond acceptors (Lipinski definition) is 5. The Morgan fingerprint density at radius 3 is 2.41 bits per heavy atom. The molecule has 0 saturated carbocycles. The number of thioether (sulfide) groups is 1. The molecule has 5 nitrogen and oxygen atoms in total. The first-order chi connectivity index (χ1) is 13.1. The molecule has 0 aliphatic heterocycles. The van der Waals surface area contributed by atoms with Crippen LogP contribution in [0, 0.1) is 5.82 Å². The van der Waals surface area contributed by atoms with E-state index in [0.29, 0.717) is 46.4 Å². The second-order valence-corrected chi connectivity index (χ2v) is 6.77. The minimum Gasteiger partial charge on any atom is -0.493 e. The fraction of sp³-hybridized carbons (Fsp3) is 0.350. The van der Waals surface area contributed by atoms with Crippen molar-refractivity contribution < 1.29 is 23.4 Å². The fourth-order valence-electron chi connectivity index (χ4n) is 2.60. The van der Waals surface area contributed by atoms with Gasteiger partial charge in [0, 0.05) is 23.6 Å². The molecule has 0 saturated heterocycles. The van der Waals surface area contributed by atoms with Crippen molar-refractivity contribution in [3.8, 4) is 17.2 Å². The summed E-state index contributed by atoms with van der Waals surface area (Å²) in [5, 5.41) is 2.87. The number of methoxy groups -OCH3 is 3. The topological polar surface area (TPSA) is 56.8 Å². The molecular weight excluding hydrogens is 369 g/mol. The molecule has 0 atom stereocenters. The molecule has 0 heterocycles. The van der Waals surface area contributed by atoms with Crippen LogP contribution < -0.4 is 19.5 Å². The summed E-state index contributed by atoms with van der Waals surface area (Å²) in [5.74, 6) is 2.45. The first kappa shape index (κ1) is 20.9. The van der Waals surface area contributed by atoms with Crippen LogP contribution in [0.1, 0.15) is 11.1 Å². The number of amides is 1. The average Bonchev–Trinajstić information content (AvgIpc) is 2.68. The van der Waals surface area contributed by atoms with E-state index in [9.17, 15) is 9.18 Å². The lowest BCUT2D eigenvalue weighted by atomic mass is 10.1. The second kappa shape index (κ2) is 10.7. The number of ether oxygens (including phenoxy) is 3. The Bertz CT molecular complexity index is 770. The van der Waals surface area contributed by atoms with Gasteiger partial charge in [0.05, 0.1) is 27.8 Å². The molecule has 2 aromatic carbocycles. The van der Waals surface area contributed by atoms with E-state index in [2.05, 4.69) is 5.32 Å². The molecule has 0 fully saturated rings. The van der Waals surface area contributed by atoms with E-state index in [-0.39, 0.29) is 18.1 Å². The zero-order valence-electron chi connectivity index (χ0n) is 15.7. The second-order valence-electron chi connectivity index (χ2n) is 5.66. The number of carbonyl (C=O) groups excluding carboxylic acids is 1. The Labute approximate surface area is 163 Å². The number of nitrogens with one attached hydrogen (secondary N) is 1. The lowest BCUT2D eigenvalue weighted by Gasteiger charge is -2.15. The number of hydrogen-bond donors (Lipinski definition) is 1. The van der Waals surface area contributed by atoms with E-state index in [1.807, 2.05) is 6.07 Å². The first-order valence-electron chi connectivity index (χ1n) is 8.46. The number of halogens is 1. The molecule has 0 aromatic heterocycles. The van der Waals surface area contributed by atoms with E-state index in [1.165, 1.54) is 20.3 Å². The molecular formula is C20H24FNO4S. The molecule has 7 heteroatoms. The zero-order valence-corrected chi connectivity index (χ0v) is 16.5. The van der Waals surface area contributed by atoms with Crippen molar-refractivity contribution in [2.75, 3.05) is 33.6 Å². The third kappa shape index (κ3) is 5.79. The molecule has 0 spiro atoms. The van der Waals surface area contributed by atoms with E-state index in [4.69, 9.17) is 14.2 Å². The van der Waals surface area contributed by atoms with Crippen molar-refractivity contribution in [3.63, 3.8) is 0 Å². The largest absolute Gasteiger partial charge is 0.493 e. The molecule has 2 aromatic rings. The molecule has 0 bridgehead atoms. The van der Waals surface area contributed by atoms with Gasteiger partial charge in [0.1, 0.15) is 5.82 Å². The smallest absolute Gasteiger partial charge is 0.224 e. The summed E-state index contributed by atoms with van der Waals surface area (Å²) in [7, 11) is 4.59. The van der Waals surface area contributed by atoms with Gasteiger partial charge in [-0.25, -0.2) is 4.39 Å². The maximum absolute atomic E-state index is 13.5. The molecule has 0 unspecified atom stereocenters. The molecule has 2 rings (SSSR count). The number of rotatable bonds is 10. The monoisotopic (exact) mass is 393 g/mol. The highest BCUT2D eigenvalue weighted by Crippen LogP contribution is 2.39. The van der Waals surface area contributed by atoms with Crippen LogP contribution in [0.5, 0.6) is 17.2 Å². The van der Waals surface area contributed by atoms with Crippen LogP contribution in [0.15, 0.2) is 36.4 Å². The third-order valence-electron chi connectivity index (χ3n) is 3.92. The van der Waals surface area contributed by atoms with Gasteiger partial charge in [-0.1, -0.05) is 24.3 Å². The highest BCUT2D eigenvalue weighted by atomic mass is 32.2. The summed E-state index contributed by atoms with van der Waals surface area (Å²) in [5.41, 5.74) is 1.38. The Hall–Kier alpha value is -2.41. The van der Waals surface area contributed by atoms with Gasteiger partial charge in [-0.2, -0.15) is 11.8 Å². The van der Waals surface area contributed by atoms with Gasteiger partial charge < -0.3 is 19.5 Å². The van der Waals surface area contributed by atoms with Gasteiger partial charge in [-0.3, -0.25) is 4.79 Å². The summed E-state index contributed by atoms with van der Waals surface area (Å²) in [6.45, 7) is 0.507. The van der Waals surface area contributed by atoms with Crippen molar-refractivity contribution in [3.05, 3.63) is 53.3 Å². The Morgan fingerprint density at radius 1 is 1.00 bits per heavy atom.